The zero-order valence-corrected chi connectivity index (χ0v) is 22.2. The van der Waals surface area contributed by atoms with Gasteiger partial charge in [0, 0.05) is 30.4 Å². The molecule has 4 aliphatic carbocycles. The molecule has 1 aliphatic heterocycles. The van der Waals surface area contributed by atoms with Gasteiger partial charge >= 0.3 is 5.97 Å². The number of ether oxygens (including phenoxy) is 2. The first-order valence-electron chi connectivity index (χ1n) is 13.2. The van der Waals surface area contributed by atoms with Gasteiger partial charge in [-0.1, -0.05) is 37.1 Å². The SMILES string of the molecule is CO[C@H]1C=C([C@H](C)[C@H]2CC(C)=C(C)C(=O)O2)[C@@]2(C)CC[C@H]3[C@@H](C[C@@H](O)[C@@]4(O)CC=CC(=O)[C@]34C)[C@@]12O. The molecule has 7 heteroatoms. The van der Waals surface area contributed by atoms with Crippen LogP contribution in [0.5, 0.6) is 0 Å². The highest BCUT2D eigenvalue weighted by atomic mass is 16.5. The Balaban J connectivity index is 1.55. The Labute approximate surface area is 213 Å². The van der Waals surface area contributed by atoms with Crippen LogP contribution in [0.25, 0.3) is 0 Å². The van der Waals surface area contributed by atoms with Gasteiger partial charge in [0.15, 0.2) is 5.78 Å². The number of methoxy groups -OCH3 is 1. The molecule has 7 nitrogen and oxygen atoms in total. The smallest absolute Gasteiger partial charge is 0.333 e. The van der Waals surface area contributed by atoms with Crippen molar-refractivity contribution in [2.75, 3.05) is 7.11 Å². The number of carbonyl (C=O) groups is 2. The van der Waals surface area contributed by atoms with Crippen molar-refractivity contribution in [2.24, 2.45) is 28.6 Å². The van der Waals surface area contributed by atoms with Crippen LogP contribution in [0.3, 0.4) is 0 Å². The van der Waals surface area contributed by atoms with Crippen molar-refractivity contribution >= 4 is 11.8 Å². The molecule has 5 rings (SSSR count). The predicted octanol–water partition coefficient (Wildman–Crippen LogP) is 3.02. The Morgan fingerprint density at radius 3 is 2.50 bits per heavy atom. The minimum absolute atomic E-state index is 0.148. The van der Waals surface area contributed by atoms with Crippen LogP contribution in [0.15, 0.2) is 34.9 Å². The molecule has 0 amide bonds. The number of esters is 1. The first-order valence-corrected chi connectivity index (χ1v) is 13.2. The van der Waals surface area contributed by atoms with Crippen molar-refractivity contribution in [3.05, 3.63) is 34.9 Å². The summed E-state index contributed by atoms with van der Waals surface area (Å²) in [6.45, 7) is 9.59. The van der Waals surface area contributed by atoms with Crippen molar-refractivity contribution < 1.29 is 34.4 Å². The summed E-state index contributed by atoms with van der Waals surface area (Å²) in [7, 11) is 1.57. The lowest BCUT2D eigenvalue weighted by molar-refractivity contribution is -0.273. The van der Waals surface area contributed by atoms with Gasteiger partial charge in [-0.25, -0.2) is 4.79 Å². The maximum Gasteiger partial charge on any atom is 0.333 e. The van der Waals surface area contributed by atoms with Gasteiger partial charge in [-0.2, -0.15) is 0 Å². The Hall–Kier alpha value is -1.80. The van der Waals surface area contributed by atoms with Crippen LogP contribution >= 0.6 is 0 Å². The molecule has 10 atom stereocenters. The minimum Gasteiger partial charge on any atom is -0.458 e. The minimum atomic E-state index is -1.56. The summed E-state index contributed by atoms with van der Waals surface area (Å²) in [5, 5.41) is 35.5. The summed E-state index contributed by atoms with van der Waals surface area (Å²) in [6, 6.07) is 0. The van der Waals surface area contributed by atoms with Crippen LogP contribution in [0, 0.1) is 28.6 Å². The maximum atomic E-state index is 13.3. The molecule has 2 fully saturated rings. The zero-order valence-electron chi connectivity index (χ0n) is 22.2. The fraction of sp³-hybridized carbons (Fsp3) is 0.724. The van der Waals surface area contributed by atoms with Gasteiger partial charge in [0.05, 0.1) is 11.5 Å². The first-order chi connectivity index (χ1) is 16.8. The van der Waals surface area contributed by atoms with Gasteiger partial charge in [0.2, 0.25) is 0 Å². The van der Waals surface area contributed by atoms with Crippen LogP contribution in [-0.2, 0) is 19.1 Å². The zero-order chi connectivity index (χ0) is 26.4. The van der Waals surface area contributed by atoms with Crippen LogP contribution in [0.1, 0.15) is 66.7 Å². The number of fused-ring (bicyclic) bond motifs is 5. The molecule has 0 aromatic heterocycles. The van der Waals surface area contributed by atoms with Gasteiger partial charge in [0.1, 0.15) is 23.4 Å². The number of aliphatic hydroxyl groups excluding tert-OH is 1. The van der Waals surface area contributed by atoms with E-state index < -0.39 is 40.2 Å². The number of carbonyl (C=O) groups excluding carboxylic acids is 2. The summed E-state index contributed by atoms with van der Waals surface area (Å²) in [6.07, 6.45) is 5.25. The molecule has 2 saturated carbocycles. The fourth-order valence-corrected chi connectivity index (χ4v) is 8.61. The summed E-state index contributed by atoms with van der Waals surface area (Å²) in [4.78, 5) is 25.8. The van der Waals surface area contributed by atoms with E-state index in [2.05, 4.69) is 0 Å². The number of cyclic esters (lactones) is 1. The van der Waals surface area contributed by atoms with Crippen LogP contribution < -0.4 is 0 Å². The van der Waals surface area contributed by atoms with E-state index in [0.29, 0.717) is 24.8 Å². The highest BCUT2D eigenvalue weighted by Crippen LogP contribution is 2.68. The molecule has 36 heavy (non-hydrogen) atoms. The van der Waals surface area contributed by atoms with Crippen molar-refractivity contribution in [3.63, 3.8) is 0 Å². The molecule has 3 N–H and O–H groups in total. The Kier molecular flexibility index (Phi) is 5.81. The molecule has 1 heterocycles. The Morgan fingerprint density at radius 1 is 1.17 bits per heavy atom. The summed E-state index contributed by atoms with van der Waals surface area (Å²) in [5.41, 5.74) is -2.19. The van der Waals surface area contributed by atoms with Crippen LogP contribution in [0.2, 0.25) is 0 Å². The molecule has 0 unspecified atom stereocenters. The predicted molar refractivity (Wildman–Crippen MR) is 133 cm³/mol. The molecule has 0 aromatic rings. The third-order valence-corrected chi connectivity index (χ3v) is 11.2. The van der Waals surface area contributed by atoms with Gasteiger partial charge in [-0.15, -0.1) is 0 Å². The third kappa shape index (κ3) is 2.94. The summed E-state index contributed by atoms with van der Waals surface area (Å²) < 4.78 is 11.7. The lowest BCUT2D eigenvalue weighted by atomic mass is 9.41. The summed E-state index contributed by atoms with van der Waals surface area (Å²) in [5.74, 6) is -1.42. The van der Waals surface area contributed by atoms with E-state index >= 15 is 0 Å². The number of hydrogen-bond donors (Lipinski definition) is 3. The second kappa shape index (κ2) is 8.10. The number of aliphatic hydroxyl groups is 3. The fourth-order valence-electron chi connectivity index (χ4n) is 8.61. The lowest BCUT2D eigenvalue weighted by Crippen LogP contribution is -2.74. The van der Waals surface area contributed by atoms with E-state index in [0.717, 1.165) is 11.1 Å². The monoisotopic (exact) mass is 500 g/mol. The van der Waals surface area contributed by atoms with E-state index in [1.54, 1.807) is 27.0 Å². The van der Waals surface area contributed by atoms with E-state index in [4.69, 9.17) is 9.47 Å². The molecular weight excluding hydrogens is 460 g/mol. The average molecular weight is 501 g/mol. The third-order valence-electron chi connectivity index (χ3n) is 11.2. The normalized spacial score (nSPS) is 49.1. The summed E-state index contributed by atoms with van der Waals surface area (Å²) >= 11 is 0. The Bertz CT molecular complexity index is 1090. The number of allylic oxidation sites excluding steroid dienone is 1. The number of ketones is 1. The topological polar surface area (TPSA) is 113 Å². The Morgan fingerprint density at radius 2 is 1.86 bits per heavy atom. The average Bonchev–Trinajstić information content (AvgIpc) is 3.07. The second-order valence-corrected chi connectivity index (χ2v) is 12.4. The molecule has 5 aliphatic rings. The quantitative estimate of drug-likeness (QED) is 0.403. The van der Waals surface area contributed by atoms with Crippen molar-refractivity contribution in [3.8, 4) is 0 Å². The van der Waals surface area contributed by atoms with Gasteiger partial charge < -0.3 is 24.8 Å². The molecule has 0 saturated heterocycles. The van der Waals surface area contributed by atoms with Gasteiger partial charge in [-0.3, -0.25) is 4.79 Å². The highest BCUT2D eigenvalue weighted by molar-refractivity contribution is 5.97. The van der Waals surface area contributed by atoms with Crippen LogP contribution in [0.4, 0.5) is 0 Å². The first kappa shape index (κ1) is 25.8. The van der Waals surface area contributed by atoms with Crippen molar-refractivity contribution in [1.29, 1.82) is 0 Å². The number of hydrogen-bond acceptors (Lipinski definition) is 7. The standard InChI is InChI=1S/C29H40O7/c1-15-12-21(36-25(32)16(15)2)17(3)19-14-24(35-6)29(34)20-13-23(31)28(33)10-7-8-22(30)27(28,5)18(20)9-11-26(19,29)4/h7-8,14,17-18,20-21,23-24,31,33-34H,9-13H2,1-6H3/t17-,18-,20+,21+,23+,24-,26+,27-,28-,29+/m0/s1. The van der Waals surface area contributed by atoms with Crippen molar-refractivity contribution in [2.45, 2.75) is 96.2 Å². The van der Waals surface area contributed by atoms with E-state index in [-0.39, 0.29) is 42.5 Å². The lowest BCUT2D eigenvalue weighted by Gasteiger charge is -2.65. The van der Waals surface area contributed by atoms with Gasteiger partial charge in [0.25, 0.3) is 0 Å². The number of rotatable bonds is 3. The molecule has 0 radical (unpaired) electrons. The second-order valence-electron chi connectivity index (χ2n) is 12.4. The van der Waals surface area contributed by atoms with Gasteiger partial charge in [-0.05, 0) is 64.4 Å². The molecular formula is C29H40O7. The highest BCUT2D eigenvalue weighted by Gasteiger charge is 2.74. The van der Waals surface area contributed by atoms with E-state index in [1.807, 2.05) is 26.8 Å². The molecule has 198 valence electrons. The molecule has 0 spiro atoms. The molecule has 0 bridgehead atoms. The van der Waals surface area contributed by atoms with E-state index in [9.17, 15) is 24.9 Å². The van der Waals surface area contributed by atoms with Crippen LogP contribution in [-0.4, -0.2) is 63.7 Å². The van der Waals surface area contributed by atoms with E-state index in [1.165, 1.54) is 6.08 Å². The van der Waals surface area contributed by atoms with Crippen molar-refractivity contribution in [1.82, 2.24) is 0 Å². The molecule has 0 aromatic carbocycles. The largest absolute Gasteiger partial charge is 0.458 e. The maximum absolute atomic E-state index is 13.3.